The maximum atomic E-state index is 8.95. The quantitative estimate of drug-likeness (QED) is 0.815. The van der Waals surface area contributed by atoms with Crippen LogP contribution in [0.4, 0.5) is 0 Å². The van der Waals surface area contributed by atoms with Gasteiger partial charge in [0.15, 0.2) is 4.96 Å². The number of nitrogens with one attached hydrogen (secondary N) is 1. The van der Waals surface area contributed by atoms with Crippen molar-refractivity contribution in [3.8, 4) is 5.88 Å². The second kappa shape index (κ2) is 4.82. The molecule has 2 aromatic heterocycles. The summed E-state index contributed by atoms with van der Waals surface area (Å²) in [5, 5.41) is 14.1. The summed E-state index contributed by atoms with van der Waals surface area (Å²) in [6, 6.07) is 0.0638. The summed E-state index contributed by atoms with van der Waals surface area (Å²) in [6.45, 7) is 2.68. The van der Waals surface area contributed by atoms with E-state index in [9.17, 15) is 0 Å². The van der Waals surface area contributed by atoms with E-state index in [0.29, 0.717) is 12.4 Å². The Hall–Kier alpha value is -1.11. The van der Waals surface area contributed by atoms with Gasteiger partial charge in [-0.3, -0.25) is 4.40 Å². The van der Waals surface area contributed by atoms with Crippen molar-refractivity contribution in [2.75, 3.05) is 13.7 Å². The minimum absolute atomic E-state index is 0.0638. The predicted octanol–water partition coefficient (Wildman–Crippen LogP) is 0.875. The van der Waals surface area contributed by atoms with Crippen molar-refractivity contribution in [2.24, 2.45) is 0 Å². The highest BCUT2D eigenvalue weighted by Crippen LogP contribution is 2.22. The van der Waals surface area contributed by atoms with Gasteiger partial charge in [-0.15, -0.1) is 11.3 Å². The number of nitrogens with zero attached hydrogens (tertiary/aromatic N) is 2. The van der Waals surface area contributed by atoms with Crippen LogP contribution in [0.3, 0.4) is 0 Å². The summed E-state index contributed by atoms with van der Waals surface area (Å²) in [5.74, 6) is 0.643. The number of aromatic nitrogens is 2. The zero-order chi connectivity index (χ0) is 11.5. The van der Waals surface area contributed by atoms with Crippen molar-refractivity contribution in [1.29, 1.82) is 0 Å². The molecular weight excluding hydrogens is 226 g/mol. The zero-order valence-corrected chi connectivity index (χ0v) is 10.1. The SMILES string of the molecule is COc1nc2sccn2c1CN[C@H](C)CO. The third-order valence-corrected chi connectivity index (χ3v) is 3.17. The molecule has 0 unspecified atom stereocenters. The highest BCUT2D eigenvalue weighted by molar-refractivity contribution is 7.15. The van der Waals surface area contributed by atoms with E-state index >= 15 is 0 Å². The summed E-state index contributed by atoms with van der Waals surface area (Å²) < 4.78 is 7.23. The lowest BCUT2D eigenvalue weighted by molar-refractivity contribution is 0.250. The monoisotopic (exact) mass is 241 g/mol. The third-order valence-electron chi connectivity index (χ3n) is 2.41. The fraction of sp³-hybridized carbons (Fsp3) is 0.500. The Labute approximate surface area is 97.7 Å². The van der Waals surface area contributed by atoms with Crippen LogP contribution in [0.25, 0.3) is 4.96 Å². The molecule has 0 aromatic carbocycles. The molecule has 2 N–H and O–H groups in total. The Balaban J connectivity index is 2.22. The van der Waals surface area contributed by atoms with Gasteiger partial charge < -0.3 is 15.2 Å². The molecule has 0 saturated heterocycles. The van der Waals surface area contributed by atoms with Gasteiger partial charge in [-0.1, -0.05) is 0 Å². The molecule has 6 heteroatoms. The van der Waals surface area contributed by atoms with Crippen LogP contribution < -0.4 is 10.1 Å². The lowest BCUT2D eigenvalue weighted by Gasteiger charge is -2.10. The van der Waals surface area contributed by atoms with Gasteiger partial charge in [0.25, 0.3) is 0 Å². The van der Waals surface area contributed by atoms with Crippen molar-refractivity contribution in [3.63, 3.8) is 0 Å². The lowest BCUT2D eigenvalue weighted by Crippen LogP contribution is -2.29. The molecule has 0 aliphatic rings. The Kier molecular flexibility index (Phi) is 3.42. The fourth-order valence-corrected chi connectivity index (χ4v) is 2.20. The molecule has 0 bridgehead atoms. The standard InChI is InChI=1S/C10H15N3O2S/c1-7(6-14)11-5-8-9(15-2)12-10-13(8)3-4-16-10/h3-4,7,11,14H,5-6H2,1-2H3/t7-/m1/s1. The highest BCUT2D eigenvalue weighted by Gasteiger charge is 2.13. The summed E-state index contributed by atoms with van der Waals surface area (Å²) in [4.78, 5) is 5.27. The van der Waals surface area contributed by atoms with E-state index in [4.69, 9.17) is 9.84 Å². The normalized spacial score (nSPS) is 13.2. The van der Waals surface area contributed by atoms with E-state index in [0.717, 1.165) is 10.7 Å². The van der Waals surface area contributed by atoms with E-state index in [2.05, 4.69) is 10.3 Å². The maximum Gasteiger partial charge on any atom is 0.237 e. The summed E-state index contributed by atoms with van der Waals surface area (Å²) >= 11 is 1.57. The molecule has 1 atom stereocenters. The van der Waals surface area contributed by atoms with Gasteiger partial charge >= 0.3 is 0 Å². The van der Waals surface area contributed by atoms with Crippen LogP contribution in [-0.4, -0.2) is 34.2 Å². The van der Waals surface area contributed by atoms with Crippen molar-refractivity contribution >= 4 is 16.3 Å². The smallest absolute Gasteiger partial charge is 0.237 e. The Morgan fingerprint density at radius 3 is 3.19 bits per heavy atom. The van der Waals surface area contributed by atoms with Crippen molar-refractivity contribution in [3.05, 3.63) is 17.3 Å². The maximum absolute atomic E-state index is 8.95. The van der Waals surface area contributed by atoms with Crippen LogP contribution >= 0.6 is 11.3 Å². The van der Waals surface area contributed by atoms with Gasteiger partial charge in [0.1, 0.15) is 5.69 Å². The van der Waals surface area contributed by atoms with E-state index in [1.165, 1.54) is 0 Å². The van der Waals surface area contributed by atoms with Crippen LogP contribution in [0, 0.1) is 0 Å². The van der Waals surface area contributed by atoms with Crippen molar-refractivity contribution in [1.82, 2.24) is 14.7 Å². The van der Waals surface area contributed by atoms with Gasteiger partial charge in [0.2, 0.25) is 5.88 Å². The number of aliphatic hydroxyl groups excluding tert-OH is 1. The van der Waals surface area contributed by atoms with Crippen LogP contribution in [0.1, 0.15) is 12.6 Å². The van der Waals surface area contributed by atoms with Crippen LogP contribution in [0.5, 0.6) is 5.88 Å². The number of hydrogen-bond donors (Lipinski definition) is 2. The number of methoxy groups -OCH3 is 1. The first-order chi connectivity index (χ1) is 7.76. The molecule has 88 valence electrons. The molecular formula is C10H15N3O2S. The second-order valence-electron chi connectivity index (χ2n) is 3.59. The average Bonchev–Trinajstić information content (AvgIpc) is 2.85. The number of hydrogen-bond acceptors (Lipinski definition) is 5. The lowest BCUT2D eigenvalue weighted by atomic mass is 10.3. The number of imidazole rings is 1. The average molecular weight is 241 g/mol. The summed E-state index contributed by atoms with van der Waals surface area (Å²) in [7, 11) is 1.62. The minimum atomic E-state index is 0.0638. The third kappa shape index (κ3) is 2.04. The molecule has 0 spiro atoms. The van der Waals surface area contributed by atoms with Crippen LogP contribution in [-0.2, 0) is 6.54 Å². The molecule has 2 rings (SSSR count). The molecule has 0 fully saturated rings. The molecule has 2 heterocycles. The first-order valence-electron chi connectivity index (χ1n) is 5.09. The van der Waals surface area contributed by atoms with Gasteiger partial charge in [-0.25, -0.2) is 0 Å². The van der Waals surface area contributed by atoms with Crippen LogP contribution in [0.2, 0.25) is 0 Å². The largest absolute Gasteiger partial charge is 0.480 e. The molecule has 16 heavy (non-hydrogen) atoms. The number of aliphatic hydroxyl groups is 1. The molecule has 0 aliphatic carbocycles. The first-order valence-corrected chi connectivity index (χ1v) is 5.97. The van der Waals surface area contributed by atoms with Gasteiger partial charge in [-0.2, -0.15) is 4.98 Å². The van der Waals surface area contributed by atoms with E-state index in [1.54, 1.807) is 18.4 Å². The minimum Gasteiger partial charge on any atom is -0.480 e. The Bertz CT molecular complexity index is 466. The van der Waals surface area contributed by atoms with Gasteiger partial charge in [0.05, 0.1) is 13.7 Å². The number of thiazole rings is 1. The van der Waals surface area contributed by atoms with Crippen molar-refractivity contribution in [2.45, 2.75) is 19.5 Å². The molecule has 0 saturated carbocycles. The Morgan fingerprint density at radius 2 is 2.50 bits per heavy atom. The molecule has 2 aromatic rings. The van der Waals surface area contributed by atoms with E-state index in [-0.39, 0.29) is 12.6 Å². The van der Waals surface area contributed by atoms with Gasteiger partial charge in [-0.05, 0) is 6.92 Å². The molecule has 0 radical (unpaired) electrons. The van der Waals surface area contributed by atoms with E-state index < -0.39 is 0 Å². The molecule has 0 aliphatic heterocycles. The second-order valence-corrected chi connectivity index (χ2v) is 4.46. The number of ether oxygens (including phenoxy) is 1. The van der Waals surface area contributed by atoms with Crippen molar-refractivity contribution < 1.29 is 9.84 Å². The first kappa shape index (κ1) is 11.4. The topological polar surface area (TPSA) is 58.8 Å². The highest BCUT2D eigenvalue weighted by atomic mass is 32.1. The summed E-state index contributed by atoms with van der Waals surface area (Å²) in [6.07, 6.45) is 1.97. The predicted molar refractivity (Wildman–Crippen MR) is 63.0 cm³/mol. The fourth-order valence-electron chi connectivity index (χ4n) is 1.47. The zero-order valence-electron chi connectivity index (χ0n) is 9.30. The van der Waals surface area contributed by atoms with Gasteiger partial charge in [0, 0.05) is 24.2 Å². The van der Waals surface area contributed by atoms with E-state index in [1.807, 2.05) is 22.9 Å². The number of rotatable bonds is 5. The number of fused-ring (bicyclic) bond motifs is 1. The molecule has 5 nitrogen and oxygen atoms in total. The molecule has 0 amide bonds. The summed E-state index contributed by atoms with van der Waals surface area (Å²) in [5.41, 5.74) is 0.985. The Morgan fingerprint density at radius 1 is 1.69 bits per heavy atom. The van der Waals surface area contributed by atoms with Crippen LogP contribution in [0.15, 0.2) is 11.6 Å².